The van der Waals surface area contributed by atoms with Gasteiger partial charge in [0.25, 0.3) is 5.56 Å². The molecule has 4 aromatic rings. The van der Waals surface area contributed by atoms with Gasteiger partial charge in [0.1, 0.15) is 11.3 Å². The molecule has 8 nitrogen and oxygen atoms in total. The lowest BCUT2D eigenvalue weighted by Crippen LogP contribution is -2.26. The van der Waals surface area contributed by atoms with Crippen molar-refractivity contribution in [2.45, 2.75) is 32.1 Å². The van der Waals surface area contributed by atoms with Gasteiger partial charge in [0.15, 0.2) is 10.7 Å². The second kappa shape index (κ2) is 10.3. The van der Waals surface area contributed by atoms with Crippen LogP contribution in [0.3, 0.4) is 0 Å². The van der Waals surface area contributed by atoms with Crippen LogP contribution in [-0.2, 0) is 17.9 Å². The highest BCUT2D eigenvalue weighted by molar-refractivity contribution is 7.99. The summed E-state index contributed by atoms with van der Waals surface area (Å²) in [6.07, 6.45) is 0. The van der Waals surface area contributed by atoms with E-state index in [4.69, 9.17) is 21.3 Å². The van der Waals surface area contributed by atoms with Gasteiger partial charge < -0.3 is 10.1 Å². The smallest absolute Gasteiger partial charge is 0.280 e. The topological polar surface area (TPSA) is 91.0 Å². The van der Waals surface area contributed by atoms with E-state index < -0.39 is 0 Å². The zero-order valence-electron chi connectivity index (χ0n) is 19.0. The number of halogens is 1. The van der Waals surface area contributed by atoms with Crippen LogP contribution < -0.4 is 15.6 Å². The quantitative estimate of drug-likeness (QED) is 0.287. The number of hydrogen-bond donors (Lipinski definition) is 1. The minimum atomic E-state index is -0.205. The van der Waals surface area contributed by atoms with Gasteiger partial charge in [-0.3, -0.25) is 18.8 Å². The molecular formula is C24H24ClN5O3S. The van der Waals surface area contributed by atoms with Gasteiger partial charge in [-0.05, 0) is 55.8 Å². The Morgan fingerprint density at radius 1 is 1.15 bits per heavy atom. The summed E-state index contributed by atoms with van der Waals surface area (Å²) in [5.74, 6) is 0.591. The maximum absolute atomic E-state index is 13.5. The first-order chi connectivity index (χ1) is 16.4. The number of benzene rings is 2. The van der Waals surface area contributed by atoms with Crippen LogP contribution in [0.25, 0.3) is 11.0 Å². The molecule has 0 fully saturated rings. The van der Waals surface area contributed by atoms with Crippen LogP contribution >= 0.6 is 23.4 Å². The summed E-state index contributed by atoms with van der Waals surface area (Å²) in [7, 11) is 1.59. The first kappa shape index (κ1) is 23.8. The Balaban J connectivity index is 1.64. The molecule has 0 saturated heterocycles. The van der Waals surface area contributed by atoms with Gasteiger partial charge in [0.2, 0.25) is 5.91 Å². The largest absolute Gasteiger partial charge is 0.497 e. The Labute approximate surface area is 205 Å². The maximum atomic E-state index is 13.5. The minimum Gasteiger partial charge on any atom is -0.497 e. The van der Waals surface area contributed by atoms with Crippen molar-refractivity contribution in [3.8, 4) is 5.75 Å². The summed E-state index contributed by atoms with van der Waals surface area (Å²) in [6, 6.07) is 14.4. The number of hydrogen-bond acceptors (Lipinski definition) is 6. The molecule has 0 atom stereocenters. The molecule has 4 rings (SSSR count). The predicted molar refractivity (Wildman–Crippen MR) is 135 cm³/mol. The van der Waals surface area contributed by atoms with Gasteiger partial charge >= 0.3 is 0 Å². The SMILES string of the molecule is CCn1nc(C)c2nc(SCC(=O)Nc3ccc(OC)cc3)n(Cc3ccc(Cl)cc3)c(=O)c21. The summed E-state index contributed by atoms with van der Waals surface area (Å²) in [5.41, 5.74) is 3.06. The zero-order valence-corrected chi connectivity index (χ0v) is 20.6. The van der Waals surface area contributed by atoms with Gasteiger partial charge in [0.05, 0.1) is 25.1 Å². The summed E-state index contributed by atoms with van der Waals surface area (Å²) in [5, 5.41) is 8.39. The lowest BCUT2D eigenvalue weighted by Gasteiger charge is -2.13. The Bertz CT molecular complexity index is 1380. The first-order valence-corrected chi connectivity index (χ1v) is 12.0. The molecule has 0 saturated carbocycles. The zero-order chi connectivity index (χ0) is 24.2. The van der Waals surface area contributed by atoms with Gasteiger partial charge in [0, 0.05) is 17.3 Å². The minimum absolute atomic E-state index is 0.0888. The molecule has 2 aromatic heterocycles. The maximum Gasteiger partial charge on any atom is 0.280 e. The van der Waals surface area contributed by atoms with Gasteiger partial charge in [-0.25, -0.2) is 4.98 Å². The average molecular weight is 498 g/mol. The Morgan fingerprint density at radius 2 is 1.85 bits per heavy atom. The van der Waals surface area contributed by atoms with Crippen molar-refractivity contribution in [2.24, 2.45) is 0 Å². The third-order valence-corrected chi connectivity index (χ3v) is 6.47. The number of amides is 1. The van der Waals surface area contributed by atoms with Crippen LogP contribution in [0.4, 0.5) is 5.69 Å². The molecule has 0 radical (unpaired) electrons. The first-order valence-electron chi connectivity index (χ1n) is 10.7. The van der Waals surface area contributed by atoms with Crippen molar-refractivity contribution in [3.63, 3.8) is 0 Å². The molecule has 0 bridgehead atoms. The van der Waals surface area contributed by atoms with Crippen molar-refractivity contribution < 1.29 is 9.53 Å². The van der Waals surface area contributed by atoms with E-state index in [1.807, 2.05) is 26.0 Å². The second-order valence-electron chi connectivity index (χ2n) is 7.58. The van der Waals surface area contributed by atoms with E-state index in [1.54, 1.807) is 52.8 Å². The molecule has 176 valence electrons. The molecule has 10 heteroatoms. The third kappa shape index (κ3) is 5.10. The normalized spacial score (nSPS) is 11.1. The highest BCUT2D eigenvalue weighted by atomic mass is 35.5. The van der Waals surface area contributed by atoms with Crippen molar-refractivity contribution in [1.82, 2.24) is 19.3 Å². The fourth-order valence-electron chi connectivity index (χ4n) is 3.54. The second-order valence-corrected chi connectivity index (χ2v) is 8.95. The summed E-state index contributed by atoms with van der Waals surface area (Å²) < 4.78 is 8.40. The number of nitrogens with one attached hydrogen (secondary N) is 1. The highest BCUT2D eigenvalue weighted by Crippen LogP contribution is 2.22. The lowest BCUT2D eigenvalue weighted by molar-refractivity contribution is -0.113. The van der Waals surface area contributed by atoms with Crippen molar-refractivity contribution in [2.75, 3.05) is 18.2 Å². The average Bonchev–Trinajstić information content (AvgIpc) is 3.17. The number of fused-ring (bicyclic) bond motifs is 1. The van der Waals surface area contributed by atoms with Crippen LogP contribution in [-0.4, -0.2) is 38.1 Å². The number of thioether (sulfide) groups is 1. The van der Waals surface area contributed by atoms with Crippen LogP contribution in [0.2, 0.25) is 5.02 Å². The van der Waals surface area contributed by atoms with Crippen molar-refractivity contribution in [1.29, 1.82) is 0 Å². The molecule has 0 aliphatic heterocycles. The van der Waals surface area contributed by atoms with Crippen LogP contribution in [0.15, 0.2) is 58.5 Å². The Morgan fingerprint density at radius 3 is 2.50 bits per heavy atom. The molecule has 2 aromatic carbocycles. The highest BCUT2D eigenvalue weighted by Gasteiger charge is 2.19. The predicted octanol–water partition coefficient (Wildman–Crippen LogP) is 4.36. The number of ether oxygens (including phenoxy) is 1. The monoisotopic (exact) mass is 497 g/mol. The number of carbonyl (C=O) groups excluding carboxylic acids is 1. The molecule has 0 aliphatic rings. The molecule has 34 heavy (non-hydrogen) atoms. The molecule has 0 aliphatic carbocycles. The van der Waals surface area contributed by atoms with Crippen molar-refractivity contribution >= 4 is 46.0 Å². The summed E-state index contributed by atoms with van der Waals surface area (Å²) in [4.78, 5) is 30.9. The summed E-state index contributed by atoms with van der Waals surface area (Å²) >= 11 is 7.23. The van der Waals surface area contributed by atoms with E-state index in [-0.39, 0.29) is 17.2 Å². The number of anilines is 1. The van der Waals surface area contributed by atoms with Crippen LogP contribution in [0.5, 0.6) is 5.75 Å². The fourth-order valence-corrected chi connectivity index (χ4v) is 4.46. The van der Waals surface area contributed by atoms with E-state index in [1.165, 1.54) is 11.8 Å². The third-order valence-electron chi connectivity index (χ3n) is 5.24. The molecule has 2 heterocycles. The van der Waals surface area contributed by atoms with E-state index >= 15 is 0 Å². The molecule has 1 N–H and O–H groups in total. The van der Waals surface area contributed by atoms with Crippen molar-refractivity contribution in [3.05, 3.63) is 75.2 Å². The molecule has 0 spiro atoms. The lowest BCUT2D eigenvalue weighted by atomic mass is 10.2. The number of aryl methyl sites for hydroxylation is 2. The van der Waals surface area contributed by atoms with E-state index in [2.05, 4.69) is 10.4 Å². The van der Waals surface area contributed by atoms with Gasteiger partial charge in [-0.15, -0.1) is 0 Å². The standard InChI is InChI=1S/C24H24ClN5O3S/c1-4-30-22-21(15(2)28-30)27-24(29(23(22)32)13-16-5-7-17(25)8-6-16)34-14-20(31)26-18-9-11-19(33-3)12-10-18/h5-12H,4,13-14H2,1-3H3,(H,26,31). The van der Waals surface area contributed by atoms with E-state index in [0.29, 0.717) is 51.4 Å². The van der Waals surface area contributed by atoms with E-state index in [0.717, 1.165) is 5.56 Å². The fraction of sp³-hybridized carbons (Fsp3) is 0.250. The summed E-state index contributed by atoms with van der Waals surface area (Å²) in [6.45, 7) is 4.62. The van der Waals surface area contributed by atoms with E-state index in [9.17, 15) is 9.59 Å². The van der Waals surface area contributed by atoms with Gasteiger partial charge in [-0.1, -0.05) is 35.5 Å². The molecule has 1 amide bonds. The number of carbonyl (C=O) groups is 1. The Kier molecular flexibility index (Phi) is 7.23. The molecule has 0 unspecified atom stereocenters. The number of methoxy groups -OCH3 is 1. The van der Waals surface area contributed by atoms with Crippen LogP contribution in [0, 0.1) is 6.92 Å². The number of rotatable bonds is 8. The number of aromatic nitrogens is 4. The van der Waals surface area contributed by atoms with Gasteiger partial charge in [-0.2, -0.15) is 5.10 Å². The Hall–Kier alpha value is -3.30. The number of nitrogens with zero attached hydrogens (tertiary/aromatic N) is 4. The van der Waals surface area contributed by atoms with Crippen LogP contribution in [0.1, 0.15) is 18.2 Å². The molecular weight excluding hydrogens is 474 g/mol.